The van der Waals surface area contributed by atoms with E-state index in [1.807, 2.05) is 0 Å². The maximum Gasteiger partial charge on any atom is 0.242 e. The first-order valence-corrected chi connectivity index (χ1v) is 12.8. The summed E-state index contributed by atoms with van der Waals surface area (Å²) >= 11 is 0. The lowest BCUT2D eigenvalue weighted by Gasteiger charge is -2.32. The molecule has 7 nitrogen and oxygen atoms in total. The molecule has 1 saturated heterocycles. The highest BCUT2D eigenvalue weighted by molar-refractivity contribution is 7.89. The smallest absolute Gasteiger partial charge is 0.242 e. The summed E-state index contributed by atoms with van der Waals surface area (Å²) in [5, 5.41) is 2.96. The number of methoxy groups -OCH3 is 1. The molecule has 3 rings (SSSR count). The zero-order valence-corrected chi connectivity index (χ0v) is 20.8. The zero-order chi connectivity index (χ0) is 24.0. The van der Waals surface area contributed by atoms with Crippen LogP contribution in [-0.2, 0) is 27.8 Å². The predicted octanol–water partition coefficient (Wildman–Crippen LogP) is 3.43. The Hall–Kier alpha value is -2.58. The van der Waals surface area contributed by atoms with Crippen LogP contribution in [0.5, 0.6) is 5.75 Å². The van der Waals surface area contributed by atoms with Gasteiger partial charge in [-0.05, 0) is 66.6 Å². The lowest BCUT2D eigenvalue weighted by Crippen LogP contribution is -2.34. The lowest BCUT2D eigenvalue weighted by atomic mass is 9.99. The second-order valence-corrected chi connectivity index (χ2v) is 11.0. The van der Waals surface area contributed by atoms with Crippen molar-refractivity contribution in [3.63, 3.8) is 0 Å². The van der Waals surface area contributed by atoms with Gasteiger partial charge in [0, 0.05) is 45.8 Å². The molecule has 8 heteroatoms. The molecule has 1 aliphatic heterocycles. The molecule has 1 atom stereocenters. The summed E-state index contributed by atoms with van der Waals surface area (Å²) < 4.78 is 31.4. The number of nitrogens with zero attached hydrogens (tertiary/aromatic N) is 2. The molecule has 2 aromatic carbocycles. The highest BCUT2D eigenvalue weighted by Gasteiger charge is 2.19. The Morgan fingerprint density at radius 3 is 2.55 bits per heavy atom. The van der Waals surface area contributed by atoms with Crippen molar-refractivity contribution in [3.8, 4) is 5.75 Å². The minimum Gasteiger partial charge on any atom is -0.496 e. The molecule has 180 valence electrons. The number of benzene rings is 2. The summed E-state index contributed by atoms with van der Waals surface area (Å²) in [6, 6.07) is 13.1. The van der Waals surface area contributed by atoms with Crippen LogP contribution in [0.3, 0.4) is 0 Å². The van der Waals surface area contributed by atoms with Crippen LogP contribution in [0.1, 0.15) is 37.3 Å². The quantitative estimate of drug-likeness (QED) is 0.604. The van der Waals surface area contributed by atoms with Gasteiger partial charge in [-0.15, -0.1) is 0 Å². The number of carbonyl (C=O) groups excluding carboxylic acids is 1. The fourth-order valence-corrected chi connectivity index (χ4v) is 5.06. The maximum absolute atomic E-state index is 12.4. The van der Waals surface area contributed by atoms with E-state index in [0.717, 1.165) is 24.6 Å². The van der Waals surface area contributed by atoms with Crippen molar-refractivity contribution in [2.45, 2.75) is 44.0 Å². The van der Waals surface area contributed by atoms with Crippen molar-refractivity contribution in [1.82, 2.24) is 9.62 Å². The number of rotatable bonds is 9. The van der Waals surface area contributed by atoms with Crippen molar-refractivity contribution in [3.05, 3.63) is 53.6 Å². The largest absolute Gasteiger partial charge is 0.496 e. The Balaban J connectivity index is 1.55. The first-order chi connectivity index (χ1) is 15.7. The van der Waals surface area contributed by atoms with E-state index in [0.29, 0.717) is 24.3 Å². The van der Waals surface area contributed by atoms with Crippen molar-refractivity contribution in [2.24, 2.45) is 5.92 Å². The summed E-state index contributed by atoms with van der Waals surface area (Å²) in [6.45, 7) is 4.95. The van der Waals surface area contributed by atoms with Gasteiger partial charge < -0.3 is 15.0 Å². The number of carbonyl (C=O) groups is 1. The van der Waals surface area contributed by atoms with E-state index < -0.39 is 10.0 Å². The molecule has 0 spiro atoms. The molecule has 2 aromatic rings. The van der Waals surface area contributed by atoms with Crippen LogP contribution in [0.15, 0.2) is 47.4 Å². The lowest BCUT2D eigenvalue weighted by molar-refractivity contribution is -0.121. The van der Waals surface area contributed by atoms with E-state index in [1.165, 1.54) is 50.1 Å². The van der Waals surface area contributed by atoms with Gasteiger partial charge in [-0.3, -0.25) is 4.79 Å². The van der Waals surface area contributed by atoms with E-state index in [4.69, 9.17) is 4.74 Å². The summed E-state index contributed by atoms with van der Waals surface area (Å²) in [6.07, 6.45) is 3.15. The number of sulfonamides is 1. The number of hydrogen-bond donors (Lipinski definition) is 1. The highest BCUT2D eigenvalue weighted by Crippen LogP contribution is 2.25. The molecule has 0 radical (unpaired) electrons. The summed E-state index contributed by atoms with van der Waals surface area (Å²) in [5.41, 5.74) is 2.97. The van der Waals surface area contributed by atoms with Gasteiger partial charge in [0.15, 0.2) is 0 Å². The average Bonchev–Trinajstić information content (AvgIpc) is 2.81. The Bertz CT molecular complexity index is 1050. The molecule has 0 bridgehead atoms. The van der Waals surface area contributed by atoms with Crippen molar-refractivity contribution >= 4 is 21.6 Å². The first-order valence-electron chi connectivity index (χ1n) is 11.4. The second kappa shape index (κ2) is 11.0. The number of piperidine rings is 1. The average molecular weight is 474 g/mol. The number of ether oxygens (including phenoxy) is 1. The number of nitrogens with one attached hydrogen (secondary N) is 1. The minimum absolute atomic E-state index is 0.0909. The SMILES string of the molecule is COc1ccc(S(=O)(=O)N(C)C)cc1CCC(=O)NCc1ccc(N2CCC[C@H](C)C2)cc1. The third-order valence-corrected chi connectivity index (χ3v) is 7.91. The fraction of sp³-hybridized carbons (Fsp3) is 0.480. The van der Waals surface area contributed by atoms with Gasteiger partial charge in [0.2, 0.25) is 15.9 Å². The number of amides is 1. The topological polar surface area (TPSA) is 79.0 Å². The van der Waals surface area contributed by atoms with Crippen LogP contribution in [0.25, 0.3) is 0 Å². The van der Waals surface area contributed by atoms with E-state index in [2.05, 4.69) is 41.4 Å². The summed E-state index contributed by atoms with van der Waals surface area (Å²) in [4.78, 5) is 15.1. The number of aryl methyl sites for hydroxylation is 1. The molecular formula is C25H35N3O4S. The minimum atomic E-state index is -3.55. The number of anilines is 1. The highest BCUT2D eigenvalue weighted by atomic mass is 32.2. The van der Waals surface area contributed by atoms with Crippen LogP contribution in [0, 0.1) is 5.92 Å². The third-order valence-electron chi connectivity index (χ3n) is 6.10. The van der Waals surface area contributed by atoms with Gasteiger partial charge in [-0.1, -0.05) is 19.1 Å². The molecule has 33 heavy (non-hydrogen) atoms. The van der Waals surface area contributed by atoms with Crippen LogP contribution >= 0.6 is 0 Å². The molecule has 1 aliphatic rings. The van der Waals surface area contributed by atoms with Crippen LogP contribution < -0.4 is 15.0 Å². The van der Waals surface area contributed by atoms with Gasteiger partial charge in [-0.2, -0.15) is 0 Å². The standard InChI is InChI=1S/C25H35N3O4S/c1-19-6-5-15-28(18-19)22-10-7-20(8-11-22)17-26-25(29)14-9-21-16-23(12-13-24(21)32-4)33(30,31)27(2)3/h7-8,10-13,16,19H,5-6,9,14-15,17-18H2,1-4H3,(H,26,29)/t19-/m0/s1. The summed E-state index contributed by atoms with van der Waals surface area (Å²) in [7, 11) is 0.969. The Labute approximate surface area is 197 Å². The van der Waals surface area contributed by atoms with Crippen LogP contribution in [0.2, 0.25) is 0 Å². The normalized spacial score (nSPS) is 16.6. The number of hydrogen-bond acceptors (Lipinski definition) is 5. The Kier molecular flexibility index (Phi) is 8.37. The van der Waals surface area contributed by atoms with Gasteiger partial charge in [0.1, 0.15) is 5.75 Å². The van der Waals surface area contributed by atoms with Gasteiger partial charge >= 0.3 is 0 Å². The molecular weight excluding hydrogens is 438 g/mol. The third kappa shape index (κ3) is 6.48. The second-order valence-electron chi connectivity index (χ2n) is 8.90. The van der Waals surface area contributed by atoms with Crippen molar-refractivity contribution in [1.29, 1.82) is 0 Å². The fourth-order valence-electron chi connectivity index (χ4n) is 4.11. The first kappa shape index (κ1) is 25.1. The van der Waals surface area contributed by atoms with Gasteiger partial charge in [0.25, 0.3) is 0 Å². The molecule has 0 saturated carbocycles. The molecule has 1 N–H and O–H groups in total. The van der Waals surface area contributed by atoms with E-state index in [-0.39, 0.29) is 17.2 Å². The molecule has 1 heterocycles. The van der Waals surface area contributed by atoms with E-state index in [9.17, 15) is 13.2 Å². The molecule has 0 unspecified atom stereocenters. The zero-order valence-electron chi connectivity index (χ0n) is 20.0. The van der Waals surface area contributed by atoms with Crippen molar-refractivity contribution in [2.75, 3.05) is 39.2 Å². The molecule has 0 aliphatic carbocycles. The summed E-state index contributed by atoms with van der Waals surface area (Å²) in [5.74, 6) is 1.20. The van der Waals surface area contributed by atoms with Crippen LogP contribution in [0.4, 0.5) is 5.69 Å². The van der Waals surface area contributed by atoms with Gasteiger partial charge in [0.05, 0.1) is 12.0 Å². The molecule has 1 amide bonds. The van der Waals surface area contributed by atoms with E-state index in [1.54, 1.807) is 12.1 Å². The molecule has 0 aromatic heterocycles. The maximum atomic E-state index is 12.4. The predicted molar refractivity (Wildman–Crippen MR) is 131 cm³/mol. The molecule has 1 fully saturated rings. The van der Waals surface area contributed by atoms with Gasteiger partial charge in [-0.25, -0.2) is 12.7 Å². The van der Waals surface area contributed by atoms with E-state index >= 15 is 0 Å². The monoisotopic (exact) mass is 473 g/mol. The van der Waals surface area contributed by atoms with Crippen LogP contribution in [-0.4, -0.2) is 52.9 Å². The Morgan fingerprint density at radius 2 is 1.91 bits per heavy atom. The Morgan fingerprint density at radius 1 is 1.18 bits per heavy atom. The van der Waals surface area contributed by atoms with Crippen molar-refractivity contribution < 1.29 is 17.9 Å².